The van der Waals surface area contributed by atoms with E-state index in [4.69, 9.17) is 15.2 Å². The van der Waals surface area contributed by atoms with Gasteiger partial charge in [0.25, 0.3) is 0 Å². The quantitative estimate of drug-likeness (QED) is 0.643. The average molecular weight is 271 g/mol. The molecule has 0 aliphatic carbocycles. The second-order valence-corrected chi connectivity index (χ2v) is 4.89. The highest BCUT2D eigenvalue weighted by Crippen LogP contribution is 2.20. The van der Waals surface area contributed by atoms with Crippen LogP contribution in [0.4, 0.5) is 5.69 Å². The molecule has 20 heavy (non-hydrogen) atoms. The molecule has 0 aliphatic rings. The molecule has 2 rings (SSSR count). The Morgan fingerprint density at radius 1 is 0.950 bits per heavy atom. The van der Waals surface area contributed by atoms with Crippen LogP contribution in [0.2, 0.25) is 0 Å². The Balaban J connectivity index is 1.71. The molecule has 0 bridgehead atoms. The molecule has 0 fully saturated rings. The Kier molecular flexibility index (Phi) is 4.88. The molecule has 0 unspecified atom stereocenters. The monoisotopic (exact) mass is 271 g/mol. The van der Waals surface area contributed by atoms with Crippen LogP contribution in [-0.4, -0.2) is 13.2 Å². The molecule has 0 aromatic heterocycles. The SMILES string of the molecule is Cc1cccc(OCCCOc2ccc(N)cc2C)c1. The summed E-state index contributed by atoms with van der Waals surface area (Å²) in [6.45, 7) is 5.34. The third-order valence-corrected chi connectivity index (χ3v) is 3.00. The van der Waals surface area contributed by atoms with Gasteiger partial charge in [0.15, 0.2) is 0 Å². The summed E-state index contributed by atoms with van der Waals surface area (Å²) >= 11 is 0. The Morgan fingerprint density at radius 2 is 1.75 bits per heavy atom. The van der Waals surface area contributed by atoms with Crippen molar-refractivity contribution in [2.24, 2.45) is 0 Å². The van der Waals surface area contributed by atoms with Gasteiger partial charge in [-0.2, -0.15) is 0 Å². The fraction of sp³-hybridized carbons (Fsp3) is 0.294. The summed E-state index contributed by atoms with van der Waals surface area (Å²) < 4.78 is 11.4. The van der Waals surface area contributed by atoms with Crippen molar-refractivity contribution >= 4 is 5.69 Å². The van der Waals surface area contributed by atoms with E-state index in [0.717, 1.165) is 29.2 Å². The number of nitrogen functional groups attached to an aromatic ring is 1. The second-order valence-electron chi connectivity index (χ2n) is 4.89. The Morgan fingerprint density at radius 3 is 2.50 bits per heavy atom. The van der Waals surface area contributed by atoms with E-state index in [-0.39, 0.29) is 0 Å². The smallest absolute Gasteiger partial charge is 0.122 e. The summed E-state index contributed by atoms with van der Waals surface area (Å²) in [5, 5.41) is 0. The van der Waals surface area contributed by atoms with Gasteiger partial charge in [-0.15, -0.1) is 0 Å². The standard InChI is InChI=1S/C17H21NO2/c1-13-5-3-6-16(11-13)19-9-4-10-20-17-8-7-15(18)12-14(17)2/h3,5-8,11-12H,4,9-10,18H2,1-2H3. The van der Waals surface area contributed by atoms with Gasteiger partial charge < -0.3 is 15.2 Å². The number of rotatable bonds is 6. The predicted molar refractivity (Wildman–Crippen MR) is 82.4 cm³/mol. The van der Waals surface area contributed by atoms with Gasteiger partial charge in [-0.3, -0.25) is 0 Å². The van der Waals surface area contributed by atoms with Crippen molar-refractivity contribution in [3.8, 4) is 11.5 Å². The van der Waals surface area contributed by atoms with Crippen LogP contribution in [0.3, 0.4) is 0 Å². The third kappa shape index (κ3) is 4.19. The fourth-order valence-corrected chi connectivity index (χ4v) is 1.97. The van der Waals surface area contributed by atoms with Crippen LogP contribution in [0.1, 0.15) is 17.5 Å². The molecule has 0 amide bonds. The molecule has 0 saturated carbocycles. The summed E-state index contributed by atoms with van der Waals surface area (Å²) in [7, 11) is 0. The third-order valence-electron chi connectivity index (χ3n) is 3.00. The van der Waals surface area contributed by atoms with Crippen LogP contribution in [0.5, 0.6) is 11.5 Å². The Labute approximate surface area is 120 Å². The van der Waals surface area contributed by atoms with Gasteiger partial charge in [0.2, 0.25) is 0 Å². The molecule has 0 radical (unpaired) electrons. The lowest BCUT2D eigenvalue weighted by atomic mass is 10.2. The largest absolute Gasteiger partial charge is 0.493 e. The summed E-state index contributed by atoms with van der Waals surface area (Å²) in [4.78, 5) is 0. The predicted octanol–water partition coefficient (Wildman–Crippen LogP) is 3.73. The Bertz CT molecular complexity index is 567. The van der Waals surface area contributed by atoms with Gasteiger partial charge in [-0.1, -0.05) is 12.1 Å². The number of hydrogen-bond donors (Lipinski definition) is 1. The maximum Gasteiger partial charge on any atom is 0.122 e. The van der Waals surface area contributed by atoms with Crippen LogP contribution in [-0.2, 0) is 0 Å². The highest BCUT2D eigenvalue weighted by atomic mass is 16.5. The van der Waals surface area contributed by atoms with E-state index < -0.39 is 0 Å². The lowest BCUT2D eigenvalue weighted by Crippen LogP contribution is -2.05. The normalized spacial score (nSPS) is 10.3. The van der Waals surface area contributed by atoms with E-state index in [1.165, 1.54) is 5.56 Å². The van der Waals surface area contributed by atoms with Gasteiger partial charge in [-0.25, -0.2) is 0 Å². The molecular formula is C17H21NO2. The van der Waals surface area contributed by atoms with E-state index >= 15 is 0 Å². The van der Waals surface area contributed by atoms with E-state index in [1.54, 1.807) is 0 Å². The number of benzene rings is 2. The Hall–Kier alpha value is -2.16. The van der Waals surface area contributed by atoms with Crippen molar-refractivity contribution in [2.45, 2.75) is 20.3 Å². The van der Waals surface area contributed by atoms with E-state index in [0.29, 0.717) is 13.2 Å². The summed E-state index contributed by atoms with van der Waals surface area (Å²) in [5.74, 6) is 1.79. The van der Waals surface area contributed by atoms with E-state index in [2.05, 4.69) is 13.0 Å². The molecular weight excluding hydrogens is 250 g/mol. The molecule has 0 atom stereocenters. The van der Waals surface area contributed by atoms with Crippen molar-refractivity contribution in [3.05, 3.63) is 53.6 Å². The number of aryl methyl sites for hydroxylation is 2. The number of nitrogens with two attached hydrogens (primary N) is 1. The highest BCUT2D eigenvalue weighted by Gasteiger charge is 2.00. The number of ether oxygens (including phenoxy) is 2. The van der Waals surface area contributed by atoms with Crippen molar-refractivity contribution in [2.75, 3.05) is 18.9 Å². The lowest BCUT2D eigenvalue weighted by molar-refractivity contribution is 0.246. The lowest BCUT2D eigenvalue weighted by Gasteiger charge is -2.10. The summed E-state index contributed by atoms with van der Waals surface area (Å²) in [6, 6.07) is 13.7. The fourth-order valence-electron chi connectivity index (χ4n) is 1.97. The highest BCUT2D eigenvalue weighted by molar-refractivity contribution is 5.47. The number of anilines is 1. The van der Waals surface area contributed by atoms with Crippen LogP contribution in [0.25, 0.3) is 0 Å². The molecule has 0 spiro atoms. The van der Waals surface area contributed by atoms with Gasteiger partial charge >= 0.3 is 0 Å². The molecule has 3 nitrogen and oxygen atoms in total. The summed E-state index contributed by atoms with van der Waals surface area (Å²) in [5.41, 5.74) is 8.73. The zero-order chi connectivity index (χ0) is 14.4. The molecule has 2 aromatic carbocycles. The maximum atomic E-state index is 5.72. The molecule has 106 valence electrons. The minimum absolute atomic E-state index is 0.635. The first-order chi connectivity index (χ1) is 9.65. The van der Waals surface area contributed by atoms with Crippen LogP contribution < -0.4 is 15.2 Å². The minimum Gasteiger partial charge on any atom is -0.493 e. The second kappa shape index (κ2) is 6.85. The molecule has 2 N–H and O–H groups in total. The first-order valence-electron chi connectivity index (χ1n) is 6.83. The zero-order valence-corrected chi connectivity index (χ0v) is 12.1. The van der Waals surface area contributed by atoms with E-state index in [1.807, 2.05) is 43.3 Å². The molecule has 0 saturated heterocycles. The van der Waals surface area contributed by atoms with Crippen molar-refractivity contribution in [1.29, 1.82) is 0 Å². The van der Waals surface area contributed by atoms with Crippen molar-refractivity contribution < 1.29 is 9.47 Å². The zero-order valence-electron chi connectivity index (χ0n) is 12.1. The molecule has 2 aromatic rings. The van der Waals surface area contributed by atoms with Crippen LogP contribution in [0, 0.1) is 13.8 Å². The van der Waals surface area contributed by atoms with Crippen LogP contribution >= 0.6 is 0 Å². The topological polar surface area (TPSA) is 44.5 Å². The van der Waals surface area contributed by atoms with Gasteiger partial charge in [-0.05, 0) is 55.3 Å². The van der Waals surface area contributed by atoms with E-state index in [9.17, 15) is 0 Å². The average Bonchev–Trinajstić information content (AvgIpc) is 2.41. The maximum absolute atomic E-state index is 5.72. The molecule has 0 aliphatic heterocycles. The van der Waals surface area contributed by atoms with Crippen molar-refractivity contribution in [1.82, 2.24) is 0 Å². The number of hydrogen-bond acceptors (Lipinski definition) is 3. The molecule has 3 heteroatoms. The molecule has 0 heterocycles. The summed E-state index contributed by atoms with van der Waals surface area (Å²) in [6.07, 6.45) is 0.845. The van der Waals surface area contributed by atoms with Gasteiger partial charge in [0, 0.05) is 12.1 Å². The first-order valence-corrected chi connectivity index (χ1v) is 6.83. The van der Waals surface area contributed by atoms with Gasteiger partial charge in [0.05, 0.1) is 13.2 Å². The van der Waals surface area contributed by atoms with Crippen LogP contribution in [0.15, 0.2) is 42.5 Å². The van der Waals surface area contributed by atoms with Crippen molar-refractivity contribution in [3.63, 3.8) is 0 Å². The van der Waals surface area contributed by atoms with Gasteiger partial charge in [0.1, 0.15) is 11.5 Å². The first kappa shape index (κ1) is 14.3. The minimum atomic E-state index is 0.635.